The Bertz CT molecular complexity index is 456. The summed E-state index contributed by atoms with van der Waals surface area (Å²) in [5, 5.41) is 2.98. The van der Waals surface area contributed by atoms with Crippen LogP contribution in [-0.2, 0) is 16.1 Å². The van der Waals surface area contributed by atoms with Crippen molar-refractivity contribution in [3.8, 4) is 5.75 Å². The van der Waals surface area contributed by atoms with E-state index >= 15 is 0 Å². The van der Waals surface area contributed by atoms with Crippen LogP contribution in [0.25, 0.3) is 0 Å². The zero-order valence-corrected chi connectivity index (χ0v) is 11.9. The van der Waals surface area contributed by atoms with E-state index in [1.807, 2.05) is 24.3 Å². The molecule has 1 saturated heterocycles. The van der Waals surface area contributed by atoms with E-state index in [1.54, 1.807) is 7.11 Å². The lowest BCUT2D eigenvalue weighted by Gasteiger charge is -2.34. The summed E-state index contributed by atoms with van der Waals surface area (Å²) in [4.78, 5) is 12.4. The van der Waals surface area contributed by atoms with E-state index in [0.29, 0.717) is 39.1 Å². The van der Waals surface area contributed by atoms with Crippen LogP contribution >= 0.6 is 0 Å². The van der Waals surface area contributed by atoms with Crippen molar-refractivity contribution in [3.05, 3.63) is 29.8 Å². The number of carbonyl (C=O) groups excluding carboxylic acids is 1. The highest BCUT2D eigenvalue weighted by Gasteiger charge is 2.38. The number of benzene rings is 1. The molecule has 0 atom stereocenters. The zero-order valence-electron chi connectivity index (χ0n) is 11.9. The Balaban J connectivity index is 2.00. The Labute approximate surface area is 119 Å². The Morgan fingerprint density at radius 2 is 2.10 bits per heavy atom. The number of carbonyl (C=O) groups is 1. The summed E-state index contributed by atoms with van der Waals surface area (Å²) in [6.45, 7) is 2.00. The van der Waals surface area contributed by atoms with E-state index in [0.717, 1.165) is 11.3 Å². The molecule has 1 aromatic carbocycles. The van der Waals surface area contributed by atoms with Crippen LogP contribution in [0.5, 0.6) is 5.75 Å². The Hall–Kier alpha value is -1.59. The van der Waals surface area contributed by atoms with Crippen molar-refractivity contribution in [1.82, 2.24) is 5.32 Å². The van der Waals surface area contributed by atoms with Crippen molar-refractivity contribution in [2.24, 2.45) is 11.1 Å². The number of amides is 1. The van der Waals surface area contributed by atoms with Gasteiger partial charge in [0.25, 0.3) is 0 Å². The van der Waals surface area contributed by atoms with E-state index in [1.165, 1.54) is 0 Å². The van der Waals surface area contributed by atoms with Crippen LogP contribution in [0.3, 0.4) is 0 Å². The molecule has 1 heterocycles. The summed E-state index contributed by atoms with van der Waals surface area (Å²) < 4.78 is 10.6. The van der Waals surface area contributed by atoms with Crippen molar-refractivity contribution in [2.45, 2.75) is 19.4 Å². The number of nitrogens with two attached hydrogens (primary N) is 1. The van der Waals surface area contributed by atoms with Gasteiger partial charge in [0.2, 0.25) is 5.91 Å². The predicted molar refractivity (Wildman–Crippen MR) is 76.4 cm³/mol. The third kappa shape index (κ3) is 3.11. The minimum absolute atomic E-state index is 0.00852. The van der Waals surface area contributed by atoms with E-state index in [-0.39, 0.29) is 5.91 Å². The fourth-order valence-electron chi connectivity index (χ4n) is 2.50. The number of hydrogen-bond donors (Lipinski definition) is 2. The lowest BCUT2D eigenvalue weighted by Crippen LogP contribution is -2.49. The minimum Gasteiger partial charge on any atom is -0.496 e. The average Bonchev–Trinajstić information content (AvgIpc) is 2.53. The zero-order chi connectivity index (χ0) is 14.4. The highest BCUT2D eigenvalue weighted by Crippen LogP contribution is 2.29. The maximum atomic E-state index is 12.4. The van der Waals surface area contributed by atoms with Crippen molar-refractivity contribution in [2.75, 3.05) is 26.9 Å². The highest BCUT2D eigenvalue weighted by atomic mass is 16.5. The van der Waals surface area contributed by atoms with Crippen LogP contribution < -0.4 is 15.8 Å². The lowest BCUT2D eigenvalue weighted by atomic mass is 9.79. The standard InChI is InChI=1S/C15H22N2O3/c1-19-13-5-3-2-4-12(13)10-17-14(18)15(11-16)6-8-20-9-7-15/h2-5H,6-11,16H2,1H3,(H,17,18). The molecule has 1 aromatic rings. The third-order valence-electron chi connectivity index (χ3n) is 3.95. The molecule has 0 radical (unpaired) electrons. The van der Waals surface area contributed by atoms with Crippen LogP contribution in [0.2, 0.25) is 0 Å². The third-order valence-corrected chi connectivity index (χ3v) is 3.95. The van der Waals surface area contributed by atoms with E-state index < -0.39 is 5.41 Å². The van der Waals surface area contributed by atoms with Crippen molar-refractivity contribution in [1.29, 1.82) is 0 Å². The van der Waals surface area contributed by atoms with Crippen LogP contribution in [0.15, 0.2) is 24.3 Å². The summed E-state index contributed by atoms with van der Waals surface area (Å²) in [6.07, 6.45) is 1.36. The lowest BCUT2D eigenvalue weighted by molar-refractivity contribution is -0.136. The van der Waals surface area contributed by atoms with Crippen LogP contribution in [0, 0.1) is 5.41 Å². The molecular weight excluding hydrogens is 256 g/mol. The number of hydrogen-bond acceptors (Lipinski definition) is 4. The number of ether oxygens (including phenoxy) is 2. The number of methoxy groups -OCH3 is 1. The normalized spacial score (nSPS) is 17.5. The molecule has 0 saturated carbocycles. The van der Waals surface area contributed by atoms with Gasteiger partial charge in [0.1, 0.15) is 5.75 Å². The fourth-order valence-corrected chi connectivity index (χ4v) is 2.50. The Morgan fingerprint density at radius 3 is 2.75 bits per heavy atom. The molecule has 1 aliphatic heterocycles. The summed E-state index contributed by atoms with van der Waals surface area (Å²) in [5.41, 5.74) is 6.30. The summed E-state index contributed by atoms with van der Waals surface area (Å²) >= 11 is 0. The Kier molecular flexibility index (Phi) is 4.98. The molecule has 5 heteroatoms. The molecule has 3 N–H and O–H groups in total. The van der Waals surface area contributed by atoms with Gasteiger partial charge in [0.05, 0.1) is 12.5 Å². The van der Waals surface area contributed by atoms with Crippen LogP contribution in [-0.4, -0.2) is 32.8 Å². The first-order valence-corrected chi connectivity index (χ1v) is 6.90. The second kappa shape index (κ2) is 6.72. The summed E-state index contributed by atoms with van der Waals surface area (Å²) in [7, 11) is 1.63. The molecule has 0 aromatic heterocycles. The molecule has 1 amide bonds. The van der Waals surface area contributed by atoms with E-state index in [9.17, 15) is 4.79 Å². The van der Waals surface area contributed by atoms with Gasteiger partial charge in [-0.3, -0.25) is 4.79 Å². The molecule has 1 aliphatic rings. The molecule has 2 rings (SSSR count). The van der Waals surface area contributed by atoms with Gasteiger partial charge in [-0.2, -0.15) is 0 Å². The molecule has 0 spiro atoms. The van der Waals surface area contributed by atoms with Crippen molar-refractivity contribution in [3.63, 3.8) is 0 Å². The molecule has 0 aliphatic carbocycles. The van der Waals surface area contributed by atoms with Crippen molar-refractivity contribution < 1.29 is 14.3 Å². The van der Waals surface area contributed by atoms with Gasteiger partial charge in [-0.15, -0.1) is 0 Å². The average molecular weight is 278 g/mol. The first-order valence-electron chi connectivity index (χ1n) is 6.90. The van der Waals surface area contributed by atoms with Crippen molar-refractivity contribution >= 4 is 5.91 Å². The summed E-state index contributed by atoms with van der Waals surface area (Å²) in [6, 6.07) is 7.66. The number of nitrogens with one attached hydrogen (secondary N) is 1. The topological polar surface area (TPSA) is 73.6 Å². The van der Waals surface area contributed by atoms with Gasteiger partial charge in [-0.25, -0.2) is 0 Å². The SMILES string of the molecule is COc1ccccc1CNC(=O)C1(CN)CCOCC1. The van der Waals surface area contributed by atoms with Crippen LogP contribution in [0.4, 0.5) is 0 Å². The number of rotatable bonds is 5. The van der Waals surface area contributed by atoms with Gasteiger partial charge >= 0.3 is 0 Å². The maximum absolute atomic E-state index is 12.4. The maximum Gasteiger partial charge on any atom is 0.227 e. The first kappa shape index (κ1) is 14.8. The van der Waals surface area contributed by atoms with Gasteiger partial charge in [-0.05, 0) is 18.9 Å². The summed E-state index contributed by atoms with van der Waals surface area (Å²) in [5.74, 6) is 0.788. The Morgan fingerprint density at radius 1 is 1.40 bits per heavy atom. The molecule has 1 fully saturated rings. The van der Waals surface area contributed by atoms with Gasteiger partial charge in [0, 0.05) is 31.9 Å². The first-order chi connectivity index (χ1) is 9.72. The van der Waals surface area contributed by atoms with Gasteiger partial charge in [0.15, 0.2) is 0 Å². The quantitative estimate of drug-likeness (QED) is 0.845. The highest BCUT2D eigenvalue weighted by molar-refractivity contribution is 5.83. The molecule has 0 unspecified atom stereocenters. The smallest absolute Gasteiger partial charge is 0.227 e. The fraction of sp³-hybridized carbons (Fsp3) is 0.533. The number of para-hydroxylation sites is 1. The molecular formula is C15H22N2O3. The predicted octanol–water partition coefficient (Wildman–Crippen LogP) is 1.07. The molecule has 0 bridgehead atoms. The van der Waals surface area contributed by atoms with E-state index in [4.69, 9.17) is 15.2 Å². The monoisotopic (exact) mass is 278 g/mol. The van der Waals surface area contributed by atoms with Gasteiger partial charge in [-0.1, -0.05) is 18.2 Å². The second-order valence-electron chi connectivity index (χ2n) is 5.09. The van der Waals surface area contributed by atoms with E-state index in [2.05, 4.69) is 5.32 Å². The molecule has 110 valence electrons. The largest absolute Gasteiger partial charge is 0.496 e. The molecule has 20 heavy (non-hydrogen) atoms. The molecule has 5 nitrogen and oxygen atoms in total. The minimum atomic E-state index is -0.486. The van der Waals surface area contributed by atoms with Crippen LogP contribution in [0.1, 0.15) is 18.4 Å². The van der Waals surface area contributed by atoms with Gasteiger partial charge < -0.3 is 20.5 Å². The second-order valence-corrected chi connectivity index (χ2v) is 5.09.